The highest BCUT2D eigenvalue weighted by atomic mass is 16.5. The Morgan fingerprint density at radius 3 is 2.90 bits per heavy atom. The number of rotatable bonds is 7. The molecule has 3 N–H and O–H groups in total. The Kier molecular flexibility index (Phi) is 5.23. The average Bonchev–Trinajstić information content (AvgIpc) is 2.76. The van der Waals surface area contributed by atoms with Crippen LogP contribution in [0.4, 0.5) is 0 Å². The number of hydrogen-bond acceptors (Lipinski definition) is 3. The maximum Gasteiger partial charge on any atom is 0.123 e. The summed E-state index contributed by atoms with van der Waals surface area (Å²) in [5, 5.41) is 7.40. The molecule has 1 aliphatic heterocycles. The van der Waals surface area contributed by atoms with Gasteiger partial charge in [0.2, 0.25) is 0 Å². The lowest BCUT2D eigenvalue weighted by Crippen LogP contribution is -2.38. The van der Waals surface area contributed by atoms with Crippen LogP contribution in [0.15, 0.2) is 18.2 Å². The lowest BCUT2D eigenvalue weighted by molar-refractivity contribution is 0.142. The van der Waals surface area contributed by atoms with Gasteiger partial charge in [0, 0.05) is 32.5 Å². The van der Waals surface area contributed by atoms with E-state index in [2.05, 4.69) is 43.9 Å². The summed E-state index contributed by atoms with van der Waals surface area (Å²) in [5.74, 6) is 1.89. The van der Waals surface area contributed by atoms with Crippen LogP contribution in [0.25, 0.3) is 0 Å². The first-order chi connectivity index (χ1) is 9.94. The molecule has 0 saturated heterocycles. The van der Waals surface area contributed by atoms with Crippen LogP contribution in [0.3, 0.4) is 0 Å². The zero-order valence-electron chi connectivity index (χ0n) is 13.4. The summed E-state index contributed by atoms with van der Waals surface area (Å²) in [4.78, 5) is 2.37. The van der Waals surface area contributed by atoms with Crippen molar-refractivity contribution in [1.82, 2.24) is 4.90 Å². The number of ether oxygens (including phenoxy) is 1. The first-order valence-electron chi connectivity index (χ1n) is 7.75. The minimum Gasteiger partial charge on any atom is -0.488 e. The number of fused-ring (bicyclic) bond motifs is 1. The smallest absolute Gasteiger partial charge is 0.123 e. The van der Waals surface area contributed by atoms with Gasteiger partial charge in [-0.1, -0.05) is 31.5 Å². The summed E-state index contributed by atoms with van der Waals surface area (Å²) in [7, 11) is 0. The molecule has 0 fully saturated rings. The molecule has 2 rings (SSSR count). The van der Waals surface area contributed by atoms with Gasteiger partial charge in [-0.25, -0.2) is 0 Å². The topological polar surface area (TPSA) is 62.3 Å². The molecular weight excluding hydrogens is 262 g/mol. The summed E-state index contributed by atoms with van der Waals surface area (Å²) in [6, 6.07) is 6.40. The Morgan fingerprint density at radius 1 is 1.48 bits per heavy atom. The van der Waals surface area contributed by atoms with Crippen LogP contribution in [0.1, 0.15) is 31.4 Å². The van der Waals surface area contributed by atoms with Crippen molar-refractivity contribution in [1.29, 1.82) is 5.41 Å². The Balaban J connectivity index is 1.93. The quantitative estimate of drug-likeness (QED) is 0.599. The Bertz CT molecular complexity index is 499. The van der Waals surface area contributed by atoms with E-state index >= 15 is 0 Å². The molecule has 0 aliphatic carbocycles. The van der Waals surface area contributed by atoms with E-state index in [1.807, 2.05) is 0 Å². The van der Waals surface area contributed by atoms with Crippen LogP contribution in [0.5, 0.6) is 5.75 Å². The molecular formula is C17H27N3O. The van der Waals surface area contributed by atoms with Gasteiger partial charge >= 0.3 is 0 Å². The molecule has 21 heavy (non-hydrogen) atoms. The molecule has 1 heterocycles. The van der Waals surface area contributed by atoms with Gasteiger partial charge < -0.3 is 10.5 Å². The van der Waals surface area contributed by atoms with Crippen LogP contribution in [-0.2, 0) is 6.42 Å². The summed E-state index contributed by atoms with van der Waals surface area (Å²) in [6.45, 7) is 9.30. The molecule has 4 heteroatoms. The number of hydrogen-bond donors (Lipinski definition) is 2. The minimum atomic E-state index is 0.215. The monoisotopic (exact) mass is 289 g/mol. The van der Waals surface area contributed by atoms with Gasteiger partial charge in [0.05, 0.1) is 5.84 Å². The van der Waals surface area contributed by atoms with E-state index in [9.17, 15) is 0 Å². The highest BCUT2D eigenvalue weighted by Gasteiger charge is 2.25. The maximum atomic E-state index is 7.40. The SMILES string of the molecule is Cc1ccc2c(c1)CC(CN(CCC(=N)N)CC(C)C)O2. The highest BCUT2D eigenvalue weighted by Crippen LogP contribution is 2.29. The van der Waals surface area contributed by atoms with E-state index < -0.39 is 0 Å². The Labute approximate surface area is 127 Å². The van der Waals surface area contributed by atoms with E-state index in [0.717, 1.165) is 31.8 Å². The maximum absolute atomic E-state index is 7.40. The molecule has 1 aromatic carbocycles. The number of nitrogens with two attached hydrogens (primary N) is 1. The van der Waals surface area contributed by atoms with Crippen molar-refractivity contribution < 1.29 is 4.74 Å². The van der Waals surface area contributed by atoms with Gasteiger partial charge in [-0.3, -0.25) is 10.3 Å². The van der Waals surface area contributed by atoms with Crippen molar-refractivity contribution >= 4 is 5.84 Å². The first kappa shape index (κ1) is 15.8. The second-order valence-electron chi connectivity index (χ2n) is 6.48. The van der Waals surface area contributed by atoms with Crippen LogP contribution in [0, 0.1) is 18.3 Å². The normalized spacial score (nSPS) is 17.1. The van der Waals surface area contributed by atoms with Gasteiger partial charge in [0.15, 0.2) is 0 Å². The van der Waals surface area contributed by atoms with Crippen LogP contribution >= 0.6 is 0 Å². The van der Waals surface area contributed by atoms with Crippen molar-refractivity contribution in [3.63, 3.8) is 0 Å². The zero-order chi connectivity index (χ0) is 15.4. The number of benzene rings is 1. The lowest BCUT2D eigenvalue weighted by Gasteiger charge is -2.26. The molecule has 1 aromatic rings. The molecule has 0 spiro atoms. The van der Waals surface area contributed by atoms with E-state index in [0.29, 0.717) is 12.3 Å². The molecule has 1 atom stereocenters. The fourth-order valence-electron chi connectivity index (χ4n) is 2.89. The number of aryl methyl sites for hydroxylation is 1. The summed E-state index contributed by atoms with van der Waals surface area (Å²) in [6.07, 6.45) is 1.82. The van der Waals surface area contributed by atoms with Crippen LogP contribution in [0.2, 0.25) is 0 Å². The molecule has 1 aliphatic rings. The predicted molar refractivity (Wildman–Crippen MR) is 87.1 cm³/mol. The fraction of sp³-hybridized carbons (Fsp3) is 0.588. The van der Waals surface area contributed by atoms with Crippen molar-refractivity contribution in [2.45, 2.75) is 39.7 Å². The van der Waals surface area contributed by atoms with Gasteiger partial charge in [0.25, 0.3) is 0 Å². The second-order valence-corrected chi connectivity index (χ2v) is 6.48. The van der Waals surface area contributed by atoms with Crippen molar-refractivity contribution in [3.8, 4) is 5.75 Å². The third-order valence-corrected chi connectivity index (χ3v) is 3.74. The van der Waals surface area contributed by atoms with Crippen molar-refractivity contribution in [2.75, 3.05) is 19.6 Å². The van der Waals surface area contributed by atoms with Crippen LogP contribution < -0.4 is 10.5 Å². The minimum absolute atomic E-state index is 0.215. The molecule has 0 amide bonds. The fourth-order valence-corrected chi connectivity index (χ4v) is 2.89. The lowest BCUT2D eigenvalue weighted by atomic mass is 10.1. The average molecular weight is 289 g/mol. The van der Waals surface area contributed by atoms with E-state index in [4.69, 9.17) is 15.9 Å². The van der Waals surface area contributed by atoms with Crippen molar-refractivity contribution in [2.24, 2.45) is 11.7 Å². The first-order valence-corrected chi connectivity index (χ1v) is 7.75. The highest BCUT2D eigenvalue weighted by molar-refractivity contribution is 5.76. The van der Waals surface area contributed by atoms with Crippen LogP contribution in [-0.4, -0.2) is 36.5 Å². The molecule has 4 nitrogen and oxygen atoms in total. The molecule has 0 saturated carbocycles. The van der Waals surface area contributed by atoms with E-state index in [1.165, 1.54) is 11.1 Å². The molecule has 0 aromatic heterocycles. The third kappa shape index (κ3) is 4.74. The standard InChI is InChI=1S/C17H27N3O/c1-12(2)10-20(7-6-17(18)19)11-15-9-14-8-13(3)4-5-16(14)21-15/h4-5,8,12,15H,6-7,9-11H2,1-3H3,(H3,18,19). The second kappa shape index (κ2) is 6.94. The largest absolute Gasteiger partial charge is 0.488 e. The summed E-state index contributed by atoms with van der Waals surface area (Å²) < 4.78 is 6.05. The zero-order valence-corrected chi connectivity index (χ0v) is 13.4. The number of nitrogens with one attached hydrogen (secondary N) is 1. The Hall–Kier alpha value is -1.55. The number of amidine groups is 1. The molecule has 1 unspecified atom stereocenters. The molecule has 0 bridgehead atoms. The van der Waals surface area contributed by atoms with E-state index in [-0.39, 0.29) is 11.9 Å². The summed E-state index contributed by atoms with van der Waals surface area (Å²) in [5.41, 5.74) is 8.09. The van der Waals surface area contributed by atoms with Gasteiger partial charge in [-0.15, -0.1) is 0 Å². The molecule has 0 radical (unpaired) electrons. The predicted octanol–water partition coefficient (Wildman–Crippen LogP) is 2.58. The summed E-state index contributed by atoms with van der Waals surface area (Å²) >= 11 is 0. The Morgan fingerprint density at radius 2 is 2.24 bits per heavy atom. The van der Waals surface area contributed by atoms with Gasteiger partial charge in [0.1, 0.15) is 11.9 Å². The van der Waals surface area contributed by atoms with E-state index in [1.54, 1.807) is 0 Å². The molecule has 116 valence electrons. The van der Waals surface area contributed by atoms with Crippen molar-refractivity contribution in [3.05, 3.63) is 29.3 Å². The third-order valence-electron chi connectivity index (χ3n) is 3.74. The van der Waals surface area contributed by atoms with Gasteiger partial charge in [-0.05, 0) is 24.5 Å². The van der Waals surface area contributed by atoms with Gasteiger partial charge in [-0.2, -0.15) is 0 Å². The number of nitrogens with zero attached hydrogens (tertiary/aromatic N) is 1.